The molecule has 0 saturated carbocycles. The van der Waals surface area contributed by atoms with Crippen molar-refractivity contribution in [2.45, 2.75) is 12.0 Å². The van der Waals surface area contributed by atoms with E-state index in [1.165, 1.54) is 18.2 Å². The molecule has 1 rings (SSSR count). The second-order valence-electron chi connectivity index (χ2n) is 2.58. The molecule has 72 valence electrons. The van der Waals surface area contributed by atoms with Gasteiger partial charge < -0.3 is 0 Å². The summed E-state index contributed by atoms with van der Waals surface area (Å²) in [4.78, 5) is 0. The first kappa shape index (κ1) is 9.98. The number of benzene rings is 1. The lowest BCUT2D eigenvalue weighted by Crippen LogP contribution is -2.46. The van der Waals surface area contributed by atoms with Crippen molar-refractivity contribution in [1.29, 1.82) is 0 Å². The second kappa shape index (κ2) is 2.99. The van der Waals surface area contributed by atoms with Gasteiger partial charge in [-0.05, 0) is 0 Å². The van der Waals surface area contributed by atoms with Crippen LogP contribution in [0.2, 0.25) is 0 Å². The summed E-state index contributed by atoms with van der Waals surface area (Å²) in [6.07, 6.45) is -5.09. The van der Waals surface area contributed by atoms with Gasteiger partial charge in [0.2, 0.25) is 0 Å². The average Bonchev–Trinajstić information content (AvgIpc) is 2.04. The topological polar surface area (TPSA) is 26.0 Å². The minimum absolute atomic E-state index is 0.595. The van der Waals surface area contributed by atoms with E-state index in [0.29, 0.717) is 0 Å². The molecular weight excluding hydrogens is 186 g/mol. The van der Waals surface area contributed by atoms with Crippen molar-refractivity contribution in [3.05, 3.63) is 35.9 Å². The van der Waals surface area contributed by atoms with E-state index in [-0.39, 0.29) is 0 Å². The lowest BCUT2D eigenvalue weighted by molar-refractivity contribution is -0.233. The molecule has 1 nitrogen and oxygen atoms in total. The SMILES string of the molecule is NC(F)(c1ccccc1)C(F)(F)F. The summed E-state index contributed by atoms with van der Waals surface area (Å²) in [5.41, 5.74) is 3.93. The van der Waals surface area contributed by atoms with Crippen molar-refractivity contribution >= 4 is 0 Å². The molecule has 0 saturated heterocycles. The molecule has 0 aliphatic heterocycles. The smallest absolute Gasteiger partial charge is 0.287 e. The highest BCUT2D eigenvalue weighted by Crippen LogP contribution is 2.37. The minimum Gasteiger partial charge on any atom is -0.287 e. The van der Waals surface area contributed by atoms with Gasteiger partial charge in [-0.3, -0.25) is 5.73 Å². The van der Waals surface area contributed by atoms with E-state index in [4.69, 9.17) is 0 Å². The van der Waals surface area contributed by atoms with Gasteiger partial charge in [-0.25, -0.2) is 4.39 Å². The molecule has 1 atom stereocenters. The molecule has 5 heteroatoms. The first-order valence-electron chi connectivity index (χ1n) is 3.46. The van der Waals surface area contributed by atoms with Crippen molar-refractivity contribution < 1.29 is 17.6 Å². The Kier molecular flexibility index (Phi) is 2.30. The van der Waals surface area contributed by atoms with E-state index in [1.807, 2.05) is 0 Å². The van der Waals surface area contributed by atoms with E-state index in [2.05, 4.69) is 5.73 Å². The summed E-state index contributed by atoms with van der Waals surface area (Å²) < 4.78 is 49.0. The van der Waals surface area contributed by atoms with E-state index in [0.717, 1.165) is 12.1 Å². The van der Waals surface area contributed by atoms with Crippen LogP contribution in [0.3, 0.4) is 0 Å². The zero-order valence-electron chi connectivity index (χ0n) is 6.48. The number of nitrogens with two attached hydrogens (primary N) is 1. The highest BCUT2D eigenvalue weighted by Gasteiger charge is 2.54. The van der Waals surface area contributed by atoms with Crippen LogP contribution in [0.1, 0.15) is 5.56 Å². The molecule has 2 N–H and O–H groups in total. The molecule has 0 bridgehead atoms. The highest BCUT2D eigenvalue weighted by molar-refractivity contribution is 5.22. The summed E-state index contributed by atoms with van der Waals surface area (Å²) in [5, 5.41) is 0. The number of hydrogen-bond donors (Lipinski definition) is 1. The molecule has 0 amide bonds. The predicted octanol–water partition coefficient (Wildman–Crippen LogP) is 2.33. The van der Waals surface area contributed by atoms with Crippen LogP contribution in [-0.4, -0.2) is 6.18 Å². The van der Waals surface area contributed by atoms with Crippen LogP contribution in [0, 0.1) is 0 Å². The average molecular weight is 193 g/mol. The van der Waals surface area contributed by atoms with Crippen molar-refractivity contribution in [2.75, 3.05) is 0 Å². The normalized spacial score (nSPS) is 16.7. The van der Waals surface area contributed by atoms with Crippen LogP contribution in [0.25, 0.3) is 0 Å². The Hall–Kier alpha value is -1.10. The van der Waals surface area contributed by atoms with E-state index < -0.39 is 17.5 Å². The van der Waals surface area contributed by atoms with Crippen LogP contribution in [0.5, 0.6) is 0 Å². The van der Waals surface area contributed by atoms with Gasteiger partial charge >= 0.3 is 6.18 Å². The van der Waals surface area contributed by atoms with Gasteiger partial charge in [0.05, 0.1) is 0 Å². The summed E-state index contributed by atoms with van der Waals surface area (Å²) in [6, 6.07) is 6.06. The molecule has 0 fully saturated rings. The molecule has 0 spiro atoms. The van der Waals surface area contributed by atoms with Crippen LogP contribution in [0.15, 0.2) is 30.3 Å². The number of hydrogen-bond acceptors (Lipinski definition) is 1. The van der Waals surface area contributed by atoms with Gasteiger partial charge in [-0.2, -0.15) is 13.2 Å². The zero-order chi connectivity index (χ0) is 10.1. The largest absolute Gasteiger partial charge is 0.440 e. The Morgan fingerprint density at radius 2 is 1.38 bits per heavy atom. The van der Waals surface area contributed by atoms with E-state index in [1.54, 1.807) is 0 Å². The fourth-order valence-corrected chi connectivity index (χ4v) is 0.844. The number of alkyl halides is 4. The summed E-state index contributed by atoms with van der Waals surface area (Å²) >= 11 is 0. The van der Waals surface area contributed by atoms with Crippen LogP contribution in [0.4, 0.5) is 17.6 Å². The maximum atomic E-state index is 13.0. The monoisotopic (exact) mass is 193 g/mol. The minimum atomic E-state index is -5.09. The molecule has 1 aromatic carbocycles. The number of rotatable bonds is 1. The Balaban J connectivity index is 3.08. The molecule has 0 heterocycles. The Labute approximate surface area is 72.2 Å². The maximum absolute atomic E-state index is 13.0. The first-order valence-corrected chi connectivity index (χ1v) is 3.46. The quantitative estimate of drug-likeness (QED) is 0.537. The summed E-state index contributed by atoms with van der Waals surface area (Å²) in [6.45, 7) is 0. The Morgan fingerprint density at radius 3 is 1.77 bits per heavy atom. The van der Waals surface area contributed by atoms with E-state index in [9.17, 15) is 17.6 Å². The fraction of sp³-hybridized carbons (Fsp3) is 0.250. The Morgan fingerprint density at radius 1 is 0.923 bits per heavy atom. The van der Waals surface area contributed by atoms with Crippen LogP contribution < -0.4 is 5.73 Å². The third kappa shape index (κ3) is 1.80. The van der Waals surface area contributed by atoms with Crippen molar-refractivity contribution in [3.63, 3.8) is 0 Å². The van der Waals surface area contributed by atoms with Gasteiger partial charge in [0, 0.05) is 5.56 Å². The van der Waals surface area contributed by atoms with Crippen LogP contribution in [-0.2, 0) is 5.79 Å². The van der Waals surface area contributed by atoms with Crippen LogP contribution >= 0.6 is 0 Å². The second-order valence-corrected chi connectivity index (χ2v) is 2.58. The number of halogens is 4. The third-order valence-corrected chi connectivity index (χ3v) is 1.61. The zero-order valence-corrected chi connectivity index (χ0v) is 6.48. The van der Waals surface area contributed by atoms with Crippen molar-refractivity contribution in [2.24, 2.45) is 5.73 Å². The lowest BCUT2D eigenvalue weighted by Gasteiger charge is -2.23. The van der Waals surface area contributed by atoms with Crippen molar-refractivity contribution in [3.8, 4) is 0 Å². The van der Waals surface area contributed by atoms with Crippen molar-refractivity contribution in [1.82, 2.24) is 0 Å². The summed E-state index contributed by atoms with van der Waals surface area (Å²) in [5.74, 6) is -3.77. The molecule has 0 aliphatic carbocycles. The molecule has 13 heavy (non-hydrogen) atoms. The molecule has 0 aromatic heterocycles. The van der Waals surface area contributed by atoms with Gasteiger partial charge in [0.1, 0.15) is 0 Å². The molecule has 0 radical (unpaired) electrons. The van der Waals surface area contributed by atoms with Gasteiger partial charge in [-0.15, -0.1) is 0 Å². The maximum Gasteiger partial charge on any atom is 0.440 e. The molecule has 1 aromatic rings. The van der Waals surface area contributed by atoms with Gasteiger partial charge in [0.25, 0.3) is 5.79 Å². The standard InChI is InChI=1S/C8H7F4N/c9-7(13,8(10,11)12)6-4-2-1-3-5-6/h1-5H,13H2. The van der Waals surface area contributed by atoms with Gasteiger partial charge in [-0.1, -0.05) is 30.3 Å². The first-order chi connectivity index (χ1) is 5.86. The molecule has 0 aliphatic rings. The Bertz CT molecular complexity index is 278. The lowest BCUT2D eigenvalue weighted by atomic mass is 10.1. The van der Waals surface area contributed by atoms with Gasteiger partial charge in [0.15, 0.2) is 0 Å². The highest BCUT2D eigenvalue weighted by atomic mass is 19.4. The predicted molar refractivity (Wildman–Crippen MR) is 39.5 cm³/mol. The fourth-order valence-electron chi connectivity index (χ4n) is 0.844. The molecule has 1 unspecified atom stereocenters. The molecular formula is C8H7F4N. The summed E-state index contributed by atoms with van der Waals surface area (Å²) in [7, 11) is 0. The van der Waals surface area contributed by atoms with E-state index >= 15 is 0 Å². The third-order valence-electron chi connectivity index (χ3n) is 1.61.